The topological polar surface area (TPSA) is 71.8 Å². The van der Waals surface area contributed by atoms with Crippen LogP contribution in [0.15, 0.2) is 6.20 Å². The molecule has 0 unspecified atom stereocenters. The molecule has 1 aromatic rings. The molecule has 6 nitrogen and oxygen atoms in total. The summed E-state index contributed by atoms with van der Waals surface area (Å²) in [5.74, 6) is 0.591. The van der Waals surface area contributed by atoms with E-state index in [2.05, 4.69) is 34.8 Å². The first-order chi connectivity index (χ1) is 11.1. The van der Waals surface area contributed by atoms with E-state index >= 15 is 0 Å². The monoisotopic (exact) mass is 319 g/mol. The Morgan fingerprint density at radius 1 is 1.43 bits per heavy atom. The van der Waals surface area contributed by atoms with Gasteiger partial charge in [0.25, 0.3) is 5.91 Å². The number of rotatable bonds is 6. The van der Waals surface area contributed by atoms with E-state index < -0.39 is 0 Å². The highest BCUT2D eigenvalue weighted by Crippen LogP contribution is 2.45. The van der Waals surface area contributed by atoms with Crippen molar-refractivity contribution in [1.82, 2.24) is 25.6 Å². The Morgan fingerprint density at radius 3 is 2.78 bits per heavy atom. The third kappa shape index (κ3) is 3.91. The van der Waals surface area contributed by atoms with Gasteiger partial charge in [0.05, 0.1) is 12.2 Å². The lowest BCUT2D eigenvalue weighted by atomic mass is 9.64. The van der Waals surface area contributed by atoms with E-state index in [0.717, 1.165) is 32.5 Å². The van der Waals surface area contributed by atoms with Crippen molar-refractivity contribution in [3.8, 4) is 0 Å². The summed E-state index contributed by atoms with van der Waals surface area (Å²) >= 11 is 0. The predicted molar refractivity (Wildman–Crippen MR) is 89.2 cm³/mol. The average Bonchev–Trinajstić information content (AvgIpc) is 3.00. The number of aromatic nitrogens is 3. The number of amides is 1. The molecule has 0 spiro atoms. The smallest absolute Gasteiger partial charge is 0.273 e. The SMILES string of the molecule is CC(C)CC1(CNC(=O)c2cn(C3CCNCC3)nn2)CCC1. The van der Waals surface area contributed by atoms with E-state index in [1.165, 1.54) is 25.7 Å². The molecule has 1 aliphatic heterocycles. The van der Waals surface area contributed by atoms with Crippen molar-refractivity contribution in [3.63, 3.8) is 0 Å². The van der Waals surface area contributed by atoms with Crippen molar-refractivity contribution in [3.05, 3.63) is 11.9 Å². The highest BCUT2D eigenvalue weighted by Gasteiger charge is 2.37. The minimum Gasteiger partial charge on any atom is -0.350 e. The van der Waals surface area contributed by atoms with Crippen molar-refractivity contribution in [1.29, 1.82) is 0 Å². The predicted octanol–water partition coefficient (Wildman–Crippen LogP) is 2.15. The van der Waals surface area contributed by atoms with Gasteiger partial charge in [-0.15, -0.1) is 5.10 Å². The molecule has 1 aromatic heterocycles. The third-order valence-corrected chi connectivity index (χ3v) is 5.31. The Morgan fingerprint density at radius 2 is 2.17 bits per heavy atom. The molecule has 23 heavy (non-hydrogen) atoms. The molecule has 1 saturated carbocycles. The standard InChI is InChI=1S/C17H29N5O/c1-13(2)10-17(6-3-7-17)12-19-16(23)15-11-22(21-20-15)14-4-8-18-9-5-14/h11,13-14,18H,3-10,12H2,1-2H3,(H,19,23). The van der Waals surface area contributed by atoms with Crippen LogP contribution in [-0.2, 0) is 0 Å². The van der Waals surface area contributed by atoms with Gasteiger partial charge in [0.15, 0.2) is 5.69 Å². The lowest BCUT2D eigenvalue weighted by Crippen LogP contribution is -2.43. The van der Waals surface area contributed by atoms with Gasteiger partial charge in [-0.2, -0.15) is 0 Å². The Balaban J connectivity index is 1.55. The number of hydrogen-bond donors (Lipinski definition) is 2. The maximum atomic E-state index is 12.4. The molecule has 2 N–H and O–H groups in total. The fourth-order valence-electron chi connectivity index (χ4n) is 3.98. The first-order valence-corrected chi connectivity index (χ1v) is 8.99. The summed E-state index contributed by atoms with van der Waals surface area (Å²) in [4.78, 5) is 12.4. The van der Waals surface area contributed by atoms with Crippen LogP contribution in [0.25, 0.3) is 0 Å². The summed E-state index contributed by atoms with van der Waals surface area (Å²) in [7, 11) is 0. The largest absolute Gasteiger partial charge is 0.350 e. The van der Waals surface area contributed by atoms with Gasteiger partial charge in [0.2, 0.25) is 0 Å². The van der Waals surface area contributed by atoms with Crippen molar-refractivity contribution in [2.45, 2.75) is 58.4 Å². The van der Waals surface area contributed by atoms with Crippen LogP contribution in [0, 0.1) is 11.3 Å². The van der Waals surface area contributed by atoms with E-state index in [1.807, 2.05) is 4.68 Å². The van der Waals surface area contributed by atoms with Gasteiger partial charge < -0.3 is 10.6 Å². The normalized spacial score (nSPS) is 21.2. The third-order valence-electron chi connectivity index (χ3n) is 5.31. The second kappa shape index (κ2) is 6.99. The van der Waals surface area contributed by atoms with Gasteiger partial charge in [-0.25, -0.2) is 4.68 Å². The molecule has 128 valence electrons. The number of carbonyl (C=O) groups excluding carboxylic acids is 1. The molecule has 1 aliphatic carbocycles. The van der Waals surface area contributed by atoms with Crippen LogP contribution >= 0.6 is 0 Å². The van der Waals surface area contributed by atoms with E-state index in [1.54, 1.807) is 6.20 Å². The second-order valence-corrected chi connectivity index (χ2v) is 7.70. The molecule has 1 amide bonds. The number of carbonyl (C=O) groups is 1. The molecule has 6 heteroatoms. The summed E-state index contributed by atoms with van der Waals surface area (Å²) < 4.78 is 1.86. The highest BCUT2D eigenvalue weighted by molar-refractivity contribution is 5.91. The van der Waals surface area contributed by atoms with E-state index in [9.17, 15) is 4.79 Å². The average molecular weight is 319 g/mol. The number of nitrogens with zero attached hydrogens (tertiary/aromatic N) is 3. The highest BCUT2D eigenvalue weighted by atomic mass is 16.2. The van der Waals surface area contributed by atoms with Crippen LogP contribution in [0.1, 0.15) is 68.9 Å². The molecular formula is C17H29N5O. The zero-order valence-corrected chi connectivity index (χ0v) is 14.3. The van der Waals surface area contributed by atoms with Crippen molar-refractivity contribution in [2.75, 3.05) is 19.6 Å². The van der Waals surface area contributed by atoms with Crippen molar-refractivity contribution in [2.24, 2.45) is 11.3 Å². The van der Waals surface area contributed by atoms with E-state index in [0.29, 0.717) is 23.1 Å². The van der Waals surface area contributed by atoms with Gasteiger partial charge >= 0.3 is 0 Å². The number of nitrogens with one attached hydrogen (secondary N) is 2. The van der Waals surface area contributed by atoms with E-state index in [-0.39, 0.29) is 5.91 Å². The van der Waals surface area contributed by atoms with Gasteiger partial charge in [0, 0.05) is 6.54 Å². The Kier molecular flexibility index (Phi) is 4.99. The maximum Gasteiger partial charge on any atom is 0.273 e. The molecule has 2 heterocycles. The summed E-state index contributed by atoms with van der Waals surface area (Å²) in [6.45, 7) is 7.29. The lowest BCUT2D eigenvalue weighted by Gasteiger charge is -2.43. The summed E-state index contributed by atoms with van der Waals surface area (Å²) in [5.41, 5.74) is 0.761. The Labute approximate surface area is 138 Å². The minimum absolute atomic E-state index is 0.0831. The van der Waals surface area contributed by atoms with Gasteiger partial charge in [-0.1, -0.05) is 25.5 Å². The van der Waals surface area contributed by atoms with Gasteiger partial charge in [-0.3, -0.25) is 4.79 Å². The number of piperidine rings is 1. The first kappa shape index (κ1) is 16.4. The maximum absolute atomic E-state index is 12.4. The summed E-state index contributed by atoms with van der Waals surface area (Å²) in [6, 6.07) is 0.365. The first-order valence-electron chi connectivity index (χ1n) is 8.99. The second-order valence-electron chi connectivity index (χ2n) is 7.70. The van der Waals surface area contributed by atoms with Crippen LogP contribution in [-0.4, -0.2) is 40.5 Å². The minimum atomic E-state index is -0.0831. The molecule has 0 radical (unpaired) electrons. The van der Waals surface area contributed by atoms with Gasteiger partial charge in [-0.05, 0) is 56.5 Å². The molecule has 0 bridgehead atoms. The van der Waals surface area contributed by atoms with Gasteiger partial charge in [0.1, 0.15) is 0 Å². The Hall–Kier alpha value is -1.43. The van der Waals surface area contributed by atoms with Crippen LogP contribution in [0.2, 0.25) is 0 Å². The Bertz CT molecular complexity index is 529. The fourth-order valence-corrected chi connectivity index (χ4v) is 3.98. The lowest BCUT2D eigenvalue weighted by molar-refractivity contribution is 0.0777. The van der Waals surface area contributed by atoms with Crippen LogP contribution in [0.4, 0.5) is 0 Å². The van der Waals surface area contributed by atoms with Crippen LogP contribution in [0.5, 0.6) is 0 Å². The summed E-state index contributed by atoms with van der Waals surface area (Å²) in [6.07, 6.45) is 8.83. The molecule has 2 fully saturated rings. The molecule has 1 saturated heterocycles. The number of hydrogen-bond acceptors (Lipinski definition) is 4. The molecule has 0 atom stereocenters. The quantitative estimate of drug-likeness (QED) is 0.843. The zero-order valence-electron chi connectivity index (χ0n) is 14.3. The molecular weight excluding hydrogens is 290 g/mol. The van der Waals surface area contributed by atoms with Crippen molar-refractivity contribution < 1.29 is 4.79 Å². The molecule has 3 rings (SSSR count). The summed E-state index contributed by atoms with van der Waals surface area (Å²) in [5, 5.41) is 14.7. The molecule has 0 aromatic carbocycles. The fraction of sp³-hybridized carbons (Fsp3) is 0.824. The molecule has 2 aliphatic rings. The zero-order chi connectivity index (χ0) is 16.3. The van der Waals surface area contributed by atoms with E-state index in [4.69, 9.17) is 0 Å². The van der Waals surface area contributed by atoms with Crippen molar-refractivity contribution >= 4 is 5.91 Å². The van der Waals surface area contributed by atoms with Crippen LogP contribution in [0.3, 0.4) is 0 Å². The van der Waals surface area contributed by atoms with Crippen LogP contribution < -0.4 is 10.6 Å².